The molecule has 0 spiro atoms. The molecule has 0 saturated heterocycles. The zero-order chi connectivity index (χ0) is 20.0. The van der Waals surface area contributed by atoms with E-state index in [2.05, 4.69) is 4.98 Å². The highest BCUT2D eigenvalue weighted by molar-refractivity contribution is 7.99. The van der Waals surface area contributed by atoms with Crippen molar-refractivity contribution in [2.24, 2.45) is 0 Å². The third-order valence-corrected chi connectivity index (χ3v) is 5.71. The zero-order valence-corrected chi connectivity index (χ0v) is 16.6. The predicted molar refractivity (Wildman–Crippen MR) is 106 cm³/mol. The summed E-state index contributed by atoms with van der Waals surface area (Å²) in [5.74, 6) is -1.33. The summed E-state index contributed by atoms with van der Waals surface area (Å²) in [5, 5.41) is 1.10. The summed E-state index contributed by atoms with van der Waals surface area (Å²) in [4.78, 5) is 17.5. The van der Waals surface area contributed by atoms with Gasteiger partial charge in [-0.2, -0.15) is 0 Å². The Morgan fingerprint density at radius 3 is 2.46 bits per heavy atom. The number of halogens is 4. The summed E-state index contributed by atoms with van der Waals surface area (Å²) in [6.07, 6.45) is 1.63. The van der Waals surface area contributed by atoms with Gasteiger partial charge in [0.15, 0.2) is 5.65 Å². The number of hydrogen-bond acceptors (Lipinski definition) is 3. The SMILES string of the molecule is Cc1c(=O)n(-c2c(Cl)cccc2Cl)n2ccc(Sc3ccc(F)cc3F)nc12. The van der Waals surface area contributed by atoms with Gasteiger partial charge in [0, 0.05) is 17.2 Å². The summed E-state index contributed by atoms with van der Waals surface area (Å²) >= 11 is 13.6. The average molecular weight is 438 g/mol. The molecule has 2 aromatic heterocycles. The van der Waals surface area contributed by atoms with E-state index in [1.54, 1.807) is 37.4 Å². The molecule has 0 radical (unpaired) electrons. The van der Waals surface area contributed by atoms with Crippen molar-refractivity contribution >= 4 is 40.6 Å². The smallest absolute Gasteiger partial charge is 0.267 e. The highest BCUT2D eigenvalue weighted by Crippen LogP contribution is 2.31. The minimum atomic E-state index is -0.679. The molecule has 0 bridgehead atoms. The molecule has 28 heavy (non-hydrogen) atoms. The highest BCUT2D eigenvalue weighted by atomic mass is 35.5. The molecule has 0 aliphatic heterocycles. The summed E-state index contributed by atoms with van der Waals surface area (Å²) in [5.41, 5.74) is 0.801. The van der Waals surface area contributed by atoms with Crippen molar-refractivity contribution in [2.45, 2.75) is 16.8 Å². The Balaban J connectivity index is 1.86. The van der Waals surface area contributed by atoms with Crippen LogP contribution in [-0.2, 0) is 0 Å². The predicted octanol–water partition coefficient (Wildman–Crippen LogP) is 5.53. The van der Waals surface area contributed by atoms with Gasteiger partial charge in [0.1, 0.15) is 22.3 Å². The van der Waals surface area contributed by atoms with Crippen LogP contribution in [0.5, 0.6) is 0 Å². The second kappa shape index (κ2) is 7.24. The molecule has 9 heteroatoms. The van der Waals surface area contributed by atoms with Crippen LogP contribution in [0.2, 0.25) is 10.0 Å². The first kappa shape index (κ1) is 19.0. The van der Waals surface area contributed by atoms with E-state index in [0.717, 1.165) is 17.8 Å². The first-order valence-electron chi connectivity index (χ1n) is 8.05. The molecule has 0 aliphatic rings. The third-order valence-electron chi connectivity index (χ3n) is 4.11. The first-order chi connectivity index (χ1) is 13.4. The molecule has 0 unspecified atom stereocenters. The van der Waals surface area contributed by atoms with Gasteiger partial charge in [0.05, 0.1) is 15.6 Å². The fourth-order valence-corrected chi connectivity index (χ4v) is 4.13. The summed E-state index contributed by atoms with van der Waals surface area (Å²) in [6.45, 7) is 1.64. The van der Waals surface area contributed by atoms with Gasteiger partial charge in [-0.25, -0.2) is 23.0 Å². The minimum absolute atomic E-state index is 0.229. The van der Waals surface area contributed by atoms with Crippen LogP contribution >= 0.6 is 35.0 Å². The summed E-state index contributed by atoms with van der Waals surface area (Å²) in [7, 11) is 0. The number of para-hydroxylation sites is 1. The number of aryl methyl sites for hydroxylation is 1. The zero-order valence-electron chi connectivity index (χ0n) is 14.3. The summed E-state index contributed by atoms with van der Waals surface area (Å²) < 4.78 is 29.9. The Morgan fingerprint density at radius 1 is 1.07 bits per heavy atom. The van der Waals surface area contributed by atoms with Crippen LogP contribution in [0.3, 0.4) is 0 Å². The van der Waals surface area contributed by atoms with Crippen LogP contribution in [0, 0.1) is 18.6 Å². The molecule has 4 rings (SSSR count). The molecule has 0 atom stereocenters. The van der Waals surface area contributed by atoms with Crippen molar-refractivity contribution in [3.05, 3.63) is 86.3 Å². The van der Waals surface area contributed by atoms with E-state index in [0.29, 0.717) is 32.0 Å². The molecule has 2 heterocycles. The normalized spacial score (nSPS) is 11.3. The standard InChI is InChI=1S/C19H11Cl2F2N3OS/c1-10-18-24-16(28-15-6-5-11(22)9-14(15)23)7-8-25(18)26(19(10)27)17-12(20)3-2-4-13(17)21/h2-9H,1H3. The Morgan fingerprint density at radius 2 is 1.79 bits per heavy atom. The first-order valence-corrected chi connectivity index (χ1v) is 9.62. The second-order valence-corrected chi connectivity index (χ2v) is 7.80. The van der Waals surface area contributed by atoms with Crippen molar-refractivity contribution in [2.75, 3.05) is 0 Å². The van der Waals surface area contributed by atoms with Crippen LogP contribution < -0.4 is 5.56 Å². The second-order valence-electron chi connectivity index (χ2n) is 5.92. The Hall–Kier alpha value is -2.35. The Kier molecular flexibility index (Phi) is 4.91. The number of hydrogen-bond donors (Lipinski definition) is 0. The van der Waals surface area contributed by atoms with Crippen molar-refractivity contribution in [1.29, 1.82) is 0 Å². The molecule has 0 N–H and O–H groups in total. The molecule has 0 fully saturated rings. The van der Waals surface area contributed by atoms with E-state index in [4.69, 9.17) is 23.2 Å². The van der Waals surface area contributed by atoms with Crippen LogP contribution in [0.25, 0.3) is 11.3 Å². The van der Waals surface area contributed by atoms with Gasteiger partial charge in [-0.3, -0.25) is 4.79 Å². The molecule has 142 valence electrons. The molecule has 0 aliphatic carbocycles. The Labute approximate surface area is 172 Å². The third kappa shape index (κ3) is 3.19. The maximum absolute atomic E-state index is 13.9. The number of benzene rings is 2. The van der Waals surface area contributed by atoms with E-state index in [9.17, 15) is 13.6 Å². The minimum Gasteiger partial charge on any atom is -0.267 e. The monoisotopic (exact) mass is 437 g/mol. The largest absolute Gasteiger partial charge is 0.277 e. The number of rotatable bonds is 3. The molecule has 4 nitrogen and oxygen atoms in total. The molecule has 4 aromatic rings. The van der Waals surface area contributed by atoms with Gasteiger partial charge in [0.25, 0.3) is 5.56 Å². The fraction of sp³-hybridized carbons (Fsp3) is 0.0526. The summed E-state index contributed by atoms with van der Waals surface area (Å²) in [6, 6.07) is 9.92. The van der Waals surface area contributed by atoms with E-state index in [-0.39, 0.29) is 10.5 Å². The maximum atomic E-state index is 13.9. The highest BCUT2D eigenvalue weighted by Gasteiger charge is 2.19. The van der Waals surface area contributed by atoms with Gasteiger partial charge in [-0.15, -0.1) is 0 Å². The lowest BCUT2D eigenvalue weighted by molar-refractivity contribution is 0.565. The van der Waals surface area contributed by atoms with Gasteiger partial charge in [0.2, 0.25) is 0 Å². The molecule has 2 aromatic carbocycles. The number of nitrogens with zero attached hydrogens (tertiary/aromatic N) is 3. The van der Waals surface area contributed by atoms with Gasteiger partial charge >= 0.3 is 0 Å². The lowest BCUT2D eigenvalue weighted by Gasteiger charge is -2.10. The van der Waals surface area contributed by atoms with Crippen molar-refractivity contribution in [3.8, 4) is 5.69 Å². The molecular weight excluding hydrogens is 427 g/mol. The van der Waals surface area contributed by atoms with E-state index in [1.807, 2.05) is 0 Å². The van der Waals surface area contributed by atoms with Crippen LogP contribution in [0.15, 0.2) is 63.4 Å². The lowest BCUT2D eigenvalue weighted by Crippen LogP contribution is -2.19. The lowest BCUT2D eigenvalue weighted by atomic mass is 10.3. The van der Waals surface area contributed by atoms with Gasteiger partial charge in [-0.05, 0) is 37.3 Å². The van der Waals surface area contributed by atoms with Gasteiger partial charge in [-0.1, -0.05) is 41.0 Å². The maximum Gasteiger partial charge on any atom is 0.277 e. The molecule has 0 saturated carbocycles. The average Bonchev–Trinajstić information content (AvgIpc) is 2.89. The van der Waals surface area contributed by atoms with E-state index < -0.39 is 11.6 Å². The van der Waals surface area contributed by atoms with Crippen LogP contribution in [-0.4, -0.2) is 14.2 Å². The quantitative estimate of drug-likeness (QED) is 0.395. The molecule has 0 amide bonds. The Bertz CT molecular complexity index is 1270. The van der Waals surface area contributed by atoms with E-state index in [1.165, 1.54) is 21.3 Å². The van der Waals surface area contributed by atoms with Crippen molar-refractivity contribution in [1.82, 2.24) is 14.2 Å². The topological polar surface area (TPSA) is 39.3 Å². The van der Waals surface area contributed by atoms with E-state index >= 15 is 0 Å². The number of fused-ring (bicyclic) bond motifs is 1. The van der Waals surface area contributed by atoms with Crippen LogP contribution in [0.4, 0.5) is 8.78 Å². The van der Waals surface area contributed by atoms with Crippen molar-refractivity contribution < 1.29 is 8.78 Å². The van der Waals surface area contributed by atoms with Gasteiger partial charge < -0.3 is 0 Å². The fourth-order valence-electron chi connectivity index (χ4n) is 2.80. The van der Waals surface area contributed by atoms with Crippen LogP contribution in [0.1, 0.15) is 5.56 Å². The number of aromatic nitrogens is 3. The molecular formula is C19H11Cl2F2N3OS. The van der Waals surface area contributed by atoms with Crippen molar-refractivity contribution in [3.63, 3.8) is 0 Å².